The Kier molecular flexibility index (Phi) is 3.73. The van der Waals surface area contributed by atoms with E-state index in [4.69, 9.17) is 5.11 Å². The number of aliphatic hydroxyl groups is 1. The Bertz CT molecular complexity index is 535. The average molecular weight is 229 g/mol. The Morgan fingerprint density at radius 3 is 2.76 bits per heavy atom. The summed E-state index contributed by atoms with van der Waals surface area (Å²) in [7, 11) is 0. The normalized spacial score (nSPS) is 11.4. The first-order valence-electron chi connectivity index (χ1n) is 5.64. The molecule has 2 aromatic carbocycles. The van der Waals surface area contributed by atoms with Crippen molar-refractivity contribution in [2.24, 2.45) is 4.99 Å². The summed E-state index contributed by atoms with van der Waals surface area (Å²) in [6.07, 6.45) is 2.31. The molecular weight excluding hydrogens is 214 g/mol. The van der Waals surface area contributed by atoms with Gasteiger partial charge in [0.05, 0.1) is 0 Å². The van der Waals surface area contributed by atoms with E-state index in [-0.39, 0.29) is 12.4 Å². The predicted molar refractivity (Wildman–Crippen MR) is 69.8 cm³/mol. The zero-order chi connectivity index (χ0) is 12.1. The summed E-state index contributed by atoms with van der Waals surface area (Å²) in [5.74, 6) is 0.233. The molecule has 0 bridgehead atoms. The van der Waals surface area contributed by atoms with Crippen LogP contribution in [0.2, 0.25) is 0 Å². The van der Waals surface area contributed by atoms with Crippen molar-refractivity contribution in [1.29, 1.82) is 0 Å². The van der Waals surface area contributed by atoms with Gasteiger partial charge in [0.15, 0.2) is 0 Å². The van der Waals surface area contributed by atoms with Crippen LogP contribution in [0, 0.1) is 0 Å². The van der Waals surface area contributed by atoms with E-state index in [9.17, 15) is 5.11 Å². The molecule has 2 rings (SSSR count). The third kappa shape index (κ3) is 2.63. The van der Waals surface area contributed by atoms with Crippen LogP contribution in [0.3, 0.4) is 0 Å². The molecule has 3 nitrogen and oxygen atoms in total. The Labute approximate surface area is 100 Å². The van der Waals surface area contributed by atoms with Crippen LogP contribution in [0.25, 0.3) is 10.8 Å². The zero-order valence-corrected chi connectivity index (χ0v) is 9.50. The number of hydrogen-bond donors (Lipinski definition) is 2. The lowest BCUT2D eigenvalue weighted by atomic mass is 10.0. The van der Waals surface area contributed by atoms with Crippen molar-refractivity contribution in [1.82, 2.24) is 0 Å². The van der Waals surface area contributed by atoms with Gasteiger partial charge in [-0.25, -0.2) is 0 Å². The number of phenols is 1. The largest absolute Gasteiger partial charge is 0.507 e. The van der Waals surface area contributed by atoms with Crippen LogP contribution in [0.5, 0.6) is 5.75 Å². The fraction of sp³-hybridized carbons (Fsp3) is 0.214. The first kappa shape index (κ1) is 11.6. The Morgan fingerprint density at radius 1 is 1.12 bits per heavy atom. The zero-order valence-electron chi connectivity index (χ0n) is 9.50. The van der Waals surface area contributed by atoms with E-state index in [1.54, 1.807) is 12.3 Å². The molecule has 2 N–H and O–H groups in total. The molecule has 2 aromatic rings. The lowest BCUT2D eigenvalue weighted by molar-refractivity contribution is 0.291. The van der Waals surface area contributed by atoms with E-state index in [0.717, 1.165) is 16.3 Å². The highest BCUT2D eigenvalue weighted by Crippen LogP contribution is 2.25. The van der Waals surface area contributed by atoms with Gasteiger partial charge in [-0.15, -0.1) is 0 Å². The van der Waals surface area contributed by atoms with E-state index < -0.39 is 0 Å². The highest BCUT2D eigenvalue weighted by Gasteiger charge is 2.03. The lowest BCUT2D eigenvalue weighted by Crippen LogP contribution is -1.90. The quantitative estimate of drug-likeness (QED) is 0.624. The fourth-order valence-electron chi connectivity index (χ4n) is 1.74. The van der Waals surface area contributed by atoms with Crippen LogP contribution in [-0.2, 0) is 0 Å². The Balaban J connectivity index is 2.37. The van der Waals surface area contributed by atoms with E-state index in [0.29, 0.717) is 13.0 Å². The van der Waals surface area contributed by atoms with Crippen LogP contribution in [-0.4, -0.2) is 29.6 Å². The van der Waals surface area contributed by atoms with Crippen LogP contribution in [0.15, 0.2) is 41.4 Å². The number of aliphatic hydroxyl groups excluding tert-OH is 1. The maximum Gasteiger partial charge on any atom is 0.124 e. The summed E-state index contributed by atoms with van der Waals surface area (Å²) in [5, 5.41) is 20.6. The van der Waals surface area contributed by atoms with Gasteiger partial charge in [0.1, 0.15) is 5.75 Å². The van der Waals surface area contributed by atoms with Crippen LogP contribution >= 0.6 is 0 Å². The minimum atomic E-state index is 0.138. The number of hydrogen-bond acceptors (Lipinski definition) is 3. The van der Waals surface area contributed by atoms with Crippen molar-refractivity contribution in [3.05, 3.63) is 42.0 Å². The van der Waals surface area contributed by atoms with Gasteiger partial charge in [-0.3, -0.25) is 4.99 Å². The SMILES string of the molecule is OCCCN=Cc1c(O)ccc2ccccc12. The molecule has 0 heterocycles. The molecule has 0 fully saturated rings. The highest BCUT2D eigenvalue weighted by atomic mass is 16.3. The van der Waals surface area contributed by atoms with E-state index in [2.05, 4.69) is 4.99 Å². The third-order valence-electron chi connectivity index (χ3n) is 2.61. The van der Waals surface area contributed by atoms with Crippen molar-refractivity contribution in [2.45, 2.75) is 6.42 Å². The lowest BCUT2D eigenvalue weighted by Gasteiger charge is -2.04. The Morgan fingerprint density at radius 2 is 1.94 bits per heavy atom. The topological polar surface area (TPSA) is 52.8 Å². The van der Waals surface area contributed by atoms with E-state index >= 15 is 0 Å². The molecular formula is C14H15NO2. The van der Waals surface area contributed by atoms with Crippen molar-refractivity contribution >= 4 is 17.0 Å². The Hall–Kier alpha value is -1.87. The summed E-state index contributed by atoms with van der Waals surface area (Å²) in [5.41, 5.74) is 0.737. The minimum Gasteiger partial charge on any atom is -0.507 e. The average Bonchev–Trinajstić information content (AvgIpc) is 2.37. The van der Waals surface area contributed by atoms with Crippen molar-refractivity contribution in [2.75, 3.05) is 13.2 Å². The van der Waals surface area contributed by atoms with Crippen molar-refractivity contribution < 1.29 is 10.2 Å². The highest BCUT2D eigenvalue weighted by molar-refractivity contribution is 6.02. The van der Waals surface area contributed by atoms with Gasteiger partial charge in [-0.05, 0) is 23.3 Å². The van der Waals surface area contributed by atoms with Gasteiger partial charge in [0, 0.05) is 24.9 Å². The van der Waals surface area contributed by atoms with Crippen LogP contribution in [0.4, 0.5) is 0 Å². The molecule has 0 aliphatic carbocycles. The molecule has 0 spiro atoms. The van der Waals surface area contributed by atoms with E-state index in [1.165, 1.54) is 0 Å². The molecule has 88 valence electrons. The molecule has 0 aromatic heterocycles. The van der Waals surface area contributed by atoms with Crippen LogP contribution < -0.4 is 0 Å². The maximum atomic E-state index is 9.82. The maximum absolute atomic E-state index is 9.82. The monoisotopic (exact) mass is 229 g/mol. The van der Waals surface area contributed by atoms with Gasteiger partial charge in [-0.2, -0.15) is 0 Å². The minimum absolute atomic E-state index is 0.138. The number of phenolic OH excluding ortho intramolecular Hbond substituents is 1. The number of aromatic hydroxyl groups is 1. The molecule has 0 aliphatic rings. The molecule has 0 unspecified atom stereocenters. The second-order valence-electron chi connectivity index (χ2n) is 3.83. The van der Waals surface area contributed by atoms with Crippen molar-refractivity contribution in [3.8, 4) is 5.75 Å². The van der Waals surface area contributed by atoms with Gasteiger partial charge >= 0.3 is 0 Å². The standard InChI is InChI=1S/C14H15NO2/c16-9-3-8-15-10-13-12-5-2-1-4-11(12)6-7-14(13)17/h1-2,4-7,10,16-17H,3,8-9H2. The molecule has 0 aliphatic heterocycles. The summed E-state index contributed by atoms with van der Waals surface area (Å²) in [4.78, 5) is 4.20. The van der Waals surface area contributed by atoms with Gasteiger partial charge < -0.3 is 10.2 Å². The van der Waals surface area contributed by atoms with E-state index in [1.807, 2.05) is 30.3 Å². The predicted octanol–water partition coefficient (Wildman–Crippen LogP) is 2.35. The summed E-state index contributed by atoms with van der Waals surface area (Å²) >= 11 is 0. The number of nitrogens with zero attached hydrogens (tertiary/aromatic N) is 1. The summed E-state index contributed by atoms with van der Waals surface area (Å²) in [6, 6.07) is 11.4. The molecule has 3 heteroatoms. The molecule has 0 saturated heterocycles. The molecule has 0 radical (unpaired) electrons. The number of benzene rings is 2. The fourth-order valence-corrected chi connectivity index (χ4v) is 1.74. The smallest absolute Gasteiger partial charge is 0.124 e. The molecule has 0 atom stereocenters. The molecule has 17 heavy (non-hydrogen) atoms. The van der Waals surface area contributed by atoms with Crippen molar-refractivity contribution in [3.63, 3.8) is 0 Å². The third-order valence-corrected chi connectivity index (χ3v) is 2.61. The first-order valence-corrected chi connectivity index (χ1v) is 5.64. The second kappa shape index (κ2) is 5.46. The van der Waals surface area contributed by atoms with Gasteiger partial charge in [-0.1, -0.05) is 30.3 Å². The number of rotatable bonds is 4. The van der Waals surface area contributed by atoms with Gasteiger partial charge in [0.25, 0.3) is 0 Å². The molecule has 0 saturated carbocycles. The molecule has 0 amide bonds. The number of aliphatic imine (C=N–C) groups is 1. The summed E-state index contributed by atoms with van der Waals surface area (Å²) in [6.45, 7) is 0.706. The van der Waals surface area contributed by atoms with Crippen LogP contribution in [0.1, 0.15) is 12.0 Å². The van der Waals surface area contributed by atoms with Gasteiger partial charge in [0.2, 0.25) is 0 Å². The first-order chi connectivity index (χ1) is 8.33. The number of fused-ring (bicyclic) bond motifs is 1. The second-order valence-corrected chi connectivity index (χ2v) is 3.83. The summed E-state index contributed by atoms with van der Waals surface area (Å²) < 4.78 is 0.